The van der Waals surface area contributed by atoms with E-state index in [0.29, 0.717) is 12.8 Å². The highest BCUT2D eigenvalue weighted by Crippen LogP contribution is 2.25. The zero-order valence-corrected chi connectivity index (χ0v) is 7.57. The van der Waals surface area contributed by atoms with E-state index in [9.17, 15) is 0 Å². The molecule has 1 nitrogen and oxygen atoms in total. The van der Waals surface area contributed by atoms with Crippen LogP contribution in [0.15, 0.2) is 22.8 Å². The van der Waals surface area contributed by atoms with Crippen molar-refractivity contribution in [2.45, 2.75) is 18.2 Å². The molecule has 1 atom stereocenters. The van der Waals surface area contributed by atoms with Crippen LogP contribution in [0.2, 0.25) is 0 Å². The van der Waals surface area contributed by atoms with Crippen molar-refractivity contribution in [2.24, 2.45) is 0 Å². The van der Waals surface area contributed by atoms with Crippen molar-refractivity contribution in [1.29, 1.82) is 0 Å². The van der Waals surface area contributed by atoms with E-state index >= 15 is 0 Å². The second kappa shape index (κ2) is 4.15. The SMILES string of the molecule is OCCC1=CC(Cl)CC(Cl)=C1. The van der Waals surface area contributed by atoms with Gasteiger partial charge < -0.3 is 5.11 Å². The first-order valence-corrected chi connectivity index (χ1v) is 4.35. The zero-order chi connectivity index (χ0) is 8.27. The van der Waals surface area contributed by atoms with Crippen LogP contribution in [0.5, 0.6) is 0 Å². The molecule has 0 aromatic heterocycles. The monoisotopic (exact) mass is 192 g/mol. The highest BCUT2D eigenvalue weighted by molar-refractivity contribution is 6.31. The fraction of sp³-hybridized carbons (Fsp3) is 0.500. The number of aliphatic hydroxyl groups excluding tert-OH is 1. The summed E-state index contributed by atoms with van der Waals surface area (Å²) < 4.78 is 0. The molecule has 0 aromatic carbocycles. The van der Waals surface area contributed by atoms with E-state index in [0.717, 1.165) is 10.6 Å². The molecule has 1 rings (SSSR count). The van der Waals surface area contributed by atoms with Crippen LogP contribution < -0.4 is 0 Å². The van der Waals surface area contributed by atoms with Gasteiger partial charge in [0.15, 0.2) is 0 Å². The van der Waals surface area contributed by atoms with Gasteiger partial charge in [-0.2, -0.15) is 0 Å². The Morgan fingerprint density at radius 2 is 2.36 bits per heavy atom. The number of alkyl halides is 1. The van der Waals surface area contributed by atoms with Crippen molar-refractivity contribution in [3.05, 3.63) is 22.8 Å². The maximum Gasteiger partial charge on any atom is 0.0570 e. The largest absolute Gasteiger partial charge is 0.396 e. The molecule has 11 heavy (non-hydrogen) atoms. The molecule has 0 aromatic rings. The molecule has 0 spiro atoms. The normalized spacial score (nSPS) is 24.5. The summed E-state index contributed by atoms with van der Waals surface area (Å²) in [6.45, 7) is 0.149. The molecule has 0 radical (unpaired) electrons. The van der Waals surface area contributed by atoms with Crippen LogP contribution in [-0.2, 0) is 0 Å². The Hall–Kier alpha value is 0.0200. The average Bonchev–Trinajstić information content (AvgIpc) is 1.85. The molecule has 1 aliphatic carbocycles. The van der Waals surface area contributed by atoms with Crippen LogP contribution in [0.1, 0.15) is 12.8 Å². The van der Waals surface area contributed by atoms with E-state index in [1.165, 1.54) is 0 Å². The molecule has 1 unspecified atom stereocenters. The van der Waals surface area contributed by atoms with E-state index in [4.69, 9.17) is 28.3 Å². The summed E-state index contributed by atoms with van der Waals surface area (Å²) in [5.74, 6) is 0. The van der Waals surface area contributed by atoms with Crippen molar-refractivity contribution in [1.82, 2.24) is 0 Å². The fourth-order valence-electron chi connectivity index (χ4n) is 1.07. The summed E-state index contributed by atoms with van der Waals surface area (Å²) in [5, 5.41) is 9.40. The Morgan fingerprint density at radius 3 is 2.91 bits per heavy atom. The standard InChI is InChI=1S/C8H10Cl2O/c9-7-3-6(1-2-11)4-8(10)5-7/h3-4,7,11H,1-2,5H2. The Kier molecular flexibility index (Phi) is 3.44. The van der Waals surface area contributed by atoms with Gasteiger partial charge in [-0.3, -0.25) is 0 Å². The lowest BCUT2D eigenvalue weighted by atomic mass is 10.0. The maximum absolute atomic E-state index is 8.63. The predicted octanol–water partition coefficient (Wildman–Crippen LogP) is 2.43. The summed E-state index contributed by atoms with van der Waals surface area (Å²) >= 11 is 11.7. The molecule has 1 aliphatic rings. The molecule has 0 bridgehead atoms. The Morgan fingerprint density at radius 1 is 1.64 bits per heavy atom. The van der Waals surface area contributed by atoms with Gasteiger partial charge in [-0.15, -0.1) is 11.6 Å². The van der Waals surface area contributed by atoms with Crippen molar-refractivity contribution in [3.63, 3.8) is 0 Å². The van der Waals surface area contributed by atoms with Crippen LogP contribution in [0.4, 0.5) is 0 Å². The Bertz CT molecular complexity index is 196. The van der Waals surface area contributed by atoms with Gasteiger partial charge in [0.2, 0.25) is 0 Å². The molecule has 1 N–H and O–H groups in total. The smallest absolute Gasteiger partial charge is 0.0570 e. The molecule has 3 heteroatoms. The zero-order valence-electron chi connectivity index (χ0n) is 6.06. The van der Waals surface area contributed by atoms with Gasteiger partial charge in [0.25, 0.3) is 0 Å². The minimum Gasteiger partial charge on any atom is -0.396 e. The van der Waals surface area contributed by atoms with Crippen molar-refractivity contribution < 1.29 is 5.11 Å². The van der Waals surface area contributed by atoms with Gasteiger partial charge in [-0.05, 0) is 18.1 Å². The highest BCUT2D eigenvalue weighted by Gasteiger charge is 2.10. The molecule has 0 saturated heterocycles. The Balaban J connectivity index is 2.62. The van der Waals surface area contributed by atoms with E-state index in [2.05, 4.69) is 0 Å². The van der Waals surface area contributed by atoms with Crippen LogP contribution in [0.3, 0.4) is 0 Å². The lowest BCUT2D eigenvalue weighted by Crippen LogP contribution is -2.02. The fourth-order valence-corrected chi connectivity index (χ4v) is 1.78. The van der Waals surface area contributed by atoms with E-state index in [-0.39, 0.29) is 12.0 Å². The molecule has 0 heterocycles. The molecular weight excluding hydrogens is 183 g/mol. The lowest BCUT2D eigenvalue weighted by molar-refractivity contribution is 0.300. The molecule has 0 amide bonds. The maximum atomic E-state index is 8.63. The average molecular weight is 193 g/mol. The van der Waals surface area contributed by atoms with E-state index in [1.807, 2.05) is 12.2 Å². The number of aliphatic hydroxyl groups is 1. The second-order valence-corrected chi connectivity index (χ2v) is 3.57. The number of rotatable bonds is 2. The van der Waals surface area contributed by atoms with Crippen molar-refractivity contribution >= 4 is 23.2 Å². The summed E-state index contributed by atoms with van der Waals surface area (Å²) in [6, 6.07) is 0. The summed E-state index contributed by atoms with van der Waals surface area (Å²) in [6.07, 6.45) is 5.15. The summed E-state index contributed by atoms with van der Waals surface area (Å²) in [7, 11) is 0. The van der Waals surface area contributed by atoms with Crippen LogP contribution in [-0.4, -0.2) is 17.1 Å². The van der Waals surface area contributed by atoms with Gasteiger partial charge in [0, 0.05) is 18.1 Å². The number of allylic oxidation sites excluding steroid dienone is 3. The van der Waals surface area contributed by atoms with Gasteiger partial charge in [0.1, 0.15) is 0 Å². The van der Waals surface area contributed by atoms with Crippen molar-refractivity contribution in [2.75, 3.05) is 6.61 Å². The first-order chi connectivity index (χ1) is 5.22. The van der Waals surface area contributed by atoms with Gasteiger partial charge in [-0.1, -0.05) is 17.7 Å². The third-order valence-electron chi connectivity index (χ3n) is 1.53. The molecule has 62 valence electrons. The highest BCUT2D eigenvalue weighted by atomic mass is 35.5. The third-order valence-corrected chi connectivity index (χ3v) is 2.07. The summed E-state index contributed by atoms with van der Waals surface area (Å²) in [4.78, 5) is 0. The minimum absolute atomic E-state index is 0.00551. The van der Waals surface area contributed by atoms with Gasteiger partial charge in [-0.25, -0.2) is 0 Å². The summed E-state index contributed by atoms with van der Waals surface area (Å²) in [5.41, 5.74) is 1.03. The van der Waals surface area contributed by atoms with Crippen LogP contribution >= 0.6 is 23.2 Å². The van der Waals surface area contributed by atoms with Crippen LogP contribution in [0.25, 0.3) is 0 Å². The quantitative estimate of drug-likeness (QED) is 0.667. The topological polar surface area (TPSA) is 20.2 Å². The predicted molar refractivity (Wildman–Crippen MR) is 48.0 cm³/mol. The number of hydrogen-bond donors (Lipinski definition) is 1. The lowest BCUT2D eigenvalue weighted by Gasteiger charge is -2.12. The molecule has 0 fully saturated rings. The Labute approximate surface area is 76.3 Å². The number of halogens is 2. The third kappa shape index (κ3) is 2.86. The molecular formula is C8H10Cl2O. The first kappa shape index (κ1) is 9.11. The first-order valence-electron chi connectivity index (χ1n) is 3.54. The second-order valence-electron chi connectivity index (χ2n) is 2.53. The van der Waals surface area contributed by atoms with Gasteiger partial charge in [0.05, 0.1) is 5.38 Å². The van der Waals surface area contributed by atoms with E-state index in [1.54, 1.807) is 0 Å². The van der Waals surface area contributed by atoms with Gasteiger partial charge >= 0.3 is 0 Å². The molecule has 0 saturated carbocycles. The van der Waals surface area contributed by atoms with Crippen molar-refractivity contribution in [3.8, 4) is 0 Å². The van der Waals surface area contributed by atoms with E-state index < -0.39 is 0 Å². The minimum atomic E-state index is -0.00551. The molecule has 0 aliphatic heterocycles. The van der Waals surface area contributed by atoms with Crippen LogP contribution in [0, 0.1) is 0 Å². The number of hydrogen-bond acceptors (Lipinski definition) is 1.